The highest BCUT2D eigenvalue weighted by atomic mass is 15.3. The number of nitrogens with zero attached hydrogens (tertiary/aromatic N) is 2. The van der Waals surface area contributed by atoms with Crippen LogP contribution < -0.4 is 5.32 Å². The molecule has 0 fully saturated rings. The Morgan fingerprint density at radius 3 is 2.65 bits per heavy atom. The van der Waals surface area contributed by atoms with Crippen molar-refractivity contribution in [1.29, 1.82) is 0 Å². The molecule has 1 aromatic carbocycles. The summed E-state index contributed by atoms with van der Waals surface area (Å²) < 4.78 is 1.97. The lowest BCUT2D eigenvalue weighted by Crippen LogP contribution is -2.30. The molecule has 0 saturated heterocycles. The molecule has 3 heteroatoms. The molecular weight excluding hydrogens is 246 g/mol. The molecule has 2 aromatic rings. The van der Waals surface area contributed by atoms with Crippen LogP contribution in [0.4, 0.5) is 0 Å². The number of aryl methyl sites for hydroxylation is 2. The Hall–Kier alpha value is -1.61. The van der Waals surface area contributed by atoms with Crippen LogP contribution in [0.2, 0.25) is 0 Å². The molecule has 0 amide bonds. The van der Waals surface area contributed by atoms with E-state index in [0.29, 0.717) is 12.1 Å². The second kappa shape index (κ2) is 6.71. The van der Waals surface area contributed by atoms with E-state index in [1.807, 2.05) is 10.9 Å². The lowest BCUT2D eigenvalue weighted by atomic mass is 10.0. The Labute approximate surface area is 122 Å². The molecule has 2 rings (SSSR count). The van der Waals surface area contributed by atoms with Gasteiger partial charge in [0.25, 0.3) is 0 Å². The van der Waals surface area contributed by atoms with E-state index in [4.69, 9.17) is 0 Å². The van der Waals surface area contributed by atoms with Crippen molar-refractivity contribution in [2.75, 3.05) is 0 Å². The summed E-state index contributed by atoms with van der Waals surface area (Å²) in [5, 5.41) is 7.99. The monoisotopic (exact) mass is 271 g/mol. The zero-order chi connectivity index (χ0) is 14.5. The van der Waals surface area contributed by atoms with E-state index in [1.54, 1.807) is 0 Å². The van der Waals surface area contributed by atoms with Gasteiger partial charge in [-0.15, -0.1) is 0 Å². The van der Waals surface area contributed by atoms with Crippen molar-refractivity contribution in [1.82, 2.24) is 15.1 Å². The zero-order valence-corrected chi connectivity index (χ0v) is 12.9. The normalized spacial score (nSPS) is 14.2. The molecule has 0 aliphatic heterocycles. The fourth-order valence-electron chi connectivity index (χ4n) is 2.53. The van der Waals surface area contributed by atoms with Crippen molar-refractivity contribution in [3.05, 3.63) is 53.3 Å². The summed E-state index contributed by atoms with van der Waals surface area (Å²) in [5.74, 6) is 0. The van der Waals surface area contributed by atoms with Gasteiger partial charge in [-0.3, -0.25) is 4.68 Å². The SMILES string of the molecule is CCn1cc(C(C)NC(C)Cc2ccccc2C)cn1. The van der Waals surface area contributed by atoms with Crippen LogP contribution in [0, 0.1) is 6.92 Å². The molecule has 0 bridgehead atoms. The maximum absolute atomic E-state index is 4.34. The number of nitrogens with one attached hydrogen (secondary N) is 1. The van der Waals surface area contributed by atoms with Crippen molar-refractivity contribution in [2.24, 2.45) is 0 Å². The van der Waals surface area contributed by atoms with Gasteiger partial charge in [-0.2, -0.15) is 5.10 Å². The van der Waals surface area contributed by atoms with E-state index in [2.05, 4.69) is 68.6 Å². The number of aromatic nitrogens is 2. The molecule has 2 unspecified atom stereocenters. The average molecular weight is 271 g/mol. The van der Waals surface area contributed by atoms with Crippen molar-refractivity contribution in [2.45, 2.75) is 52.7 Å². The number of hydrogen-bond acceptors (Lipinski definition) is 2. The second-order valence-corrected chi connectivity index (χ2v) is 5.55. The predicted molar refractivity (Wildman–Crippen MR) is 83.8 cm³/mol. The van der Waals surface area contributed by atoms with Crippen molar-refractivity contribution >= 4 is 0 Å². The van der Waals surface area contributed by atoms with E-state index >= 15 is 0 Å². The number of rotatable bonds is 6. The summed E-state index contributed by atoms with van der Waals surface area (Å²) in [6, 6.07) is 9.37. The van der Waals surface area contributed by atoms with Crippen LogP contribution in [-0.4, -0.2) is 15.8 Å². The van der Waals surface area contributed by atoms with Gasteiger partial charge < -0.3 is 5.32 Å². The van der Waals surface area contributed by atoms with Crippen molar-refractivity contribution in [3.8, 4) is 0 Å². The topological polar surface area (TPSA) is 29.9 Å². The number of benzene rings is 1. The molecule has 20 heavy (non-hydrogen) atoms. The summed E-state index contributed by atoms with van der Waals surface area (Å²) in [6.45, 7) is 9.65. The second-order valence-electron chi connectivity index (χ2n) is 5.55. The van der Waals surface area contributed by atoms with Gasteiger partial charge in [-0.1, -0.05) is 24.3 Å². The summed E-state index contributed by atoms with van der Waals surface area (Å²) in [4.78, 5) is 0. The third-order valence-electron chi connectivity index (χ3n) is 3.80. The van der Waals surface area contributed by atoms with Gasteiger partial charge in [0.15, 0.2) is 0 Å². The third kappa shape index (κ3) is 3.70. The predicted octanol–water partition coefficient (Wildman–Crippen LogP) is 3.49. The first-order chi connectivity index (χ1) is 9.60. The van der Waals surface area contributed by atoms with Gasteiger partial charge >= 0.3 is 0 Å². The Kier molecular flexibility index (Phi) is 4.96. The lowest BCUT2D eigenvalue weighted by molar-refractivity contribution is 0.476. The first-order valence-electron chi connectivity index (χ1n) is 7.43. The highest BCUT2D eigenvalue weighted by Crippen LogP contribution is 2.15. The van der Waals surface area contributed by atoms with Gasteiger partial charge in [0.2, 0.25) is 0 Å². The van der Waals surface area contributed by atoms with Crippen molar-refractivity contribution < 1.29 is 0 Å². The molecule has 1 heterocycles. The fourth-order valence-corrected chi connectivity index (χ4v) is 2.53. The lowest BCUT2D eigenvalue weighted by Gasteiger charge is -2.20. The molecule has 3 nitrogen and oxygen atoms in total. The first-order valence-corrected chi connectivity index (χ1v) is 7.43. The molecule has 2 atom stereocenters. The smallest absolute Gasteiger partial charge is 0.0537 e. The summed E-state index contributed by atoms with van der Waals surface area (Å²) in [6.07, 6.45) is 5.14. The maximum Gasteiger partial charge on any atom is 0.0537 e. The summed E-state index contributed by atoms with van der Waals surface area (Å²) in [5.41, 5.74) is 4.04. The Morgan fingerprint density at radius 1 is 1.25 bits per heavy atom. The van der Waals surface area contributed by atoms with Gasteiger partial charge in [0.05, 0.1) is 6.20 Å². The molecule has 0 aliphatic rings. The van der Waals surface area contributed by atoms with Crippen LogP contribution in [0.25, 0.3) is 0 Å². The molecule has 0 saturated carbocycles. The quantitative estimate of drug-likeness (QED) is 0.871. The average Bonchev–Trinajstić information content (AvgIpc) is 2.90. The molecule has 0 spiro atoms. The van der Waals surface area contributed by atoms with Crippen LogP contribution in [-0.2, 0) is 13.0 Å². The summed E-state index contributed by atoms with van der Waals surface area (Å²) in [7, 11) is 0. The van der Waals surface area contributed by atoms with Gasteiger partial charge in [-0.25, -0.2) is 0 Å². The Balaban J connectivity index is 1.94. The van der Waals surface area contributed by atoms with Crippen LogP contribution in [0.15, 0.2) is 36.7 Å². The molecule has 0 radical (unpaired) electrons. The minimum Gasteiger partial charge on any atom is -0.307 e. The Morgan fingerprint density at radius 2 is 2.00 bits per heavy atom. The zero-order valence-electron chi connectivity index (χ0n) is 12.9. The molecule has 1 N–H and O–H groups in total. The minimum atomic E-state index is 0.328. The molecular formula is C17H25N3. The highest BCUT2D eigenvalue weighted by molar-refractivity contribution is 5.26. The van der Waals surface area contributed by atoms with Crippen molar-refractivity contribution in [3.63, 3.8) is 0 Å². The first kappa shape index (κ1) is 14.8. The summed E-state index contributed by atoms with van der Waals surface area (Å²) >= 11 is 0. The molecule has 1 aromatic heterocycles. The van der Waals surface area contributed by atoms with E-state index in [1.165, 1.54) is 16.7 Å². The van der Waals surface area contributed by atoms with Gasteiger partial charge in [0.1, 0.15) is 0 Å². The van der Waals surface area contributed by atoms with Crippen LogP contribution >= 0.6 is 0 Å². The number of hydrogen-bond donors (Lipinski definition) is 1. The minimum absolute atomic E-state index is 0.328. The fraction of sp³-hybridized carbons (Fsp3) is 0.471. The van der Waals surface area contributed by atoms with E-state index in [0.717, 1.165) is 13.0 Å². The Bertz CT molecular complexity index is 545. The van der Waals surface area contributed by atoms with E-state index < -0.39 is 0 Å². The standard InChI is InChI=1S/C17H25N3/c1-5-20-12-17(11-18-20)15(4)19-14(3)10-16-9-7-6-8-13(16)2/h6-9,11-12,14-15,19H,5,10H2,1-4H3. The van der Waals surface area contributed by atoms with Crippen LogP contribution in [0.5, 0.6) is 0 Å². The van der Waals surface area contributed by atoms with Gasteiger partial charge in [0, 0.05) is 30.4 Å². The maximum atomic E-state index is 4.34. The van der Waals surface area contributed by atoms with Crippen LogP contribution in [0.1, 0.15) is 43.5 Å². The largest absolute Gasteiger partial charge is 0.307 e. The van der Waals surface area contributed by atoms with Crippen LogP contribution in [0.3, 0.4) is 0 Å². The third-order valence-corrected chi connectivity index (χ3v) is 3.80. The molecule has 0 aliphatic carbocycles. The van der Waals surface area contributed by atoms with E-state index in [9.17, 15) is 0 Å². The molecule has 108 valence electrons. The van der Waals surface area contributed by atoms with E-state index in [-0.39, 0.29) is 0 Å². The highest BCUT2D eigenvalue weighted by Gasteiger charge is 2.12. The van der Waals surface area contributed by atoms with Gasteiger partial charge in [-0.05, 0) is 45.2 Å².